The first-order chi connectivity index (χ1) is 12.5. The number of carbonyl (C=O) groups excluding carboxylic acids is 1. The lowest BCUT2D eigenvalue weighted by atomic mass is 9.87. The normalized spacial score (nSPS) is 11.2. The van der Waals surface area contributed by atoms with Crippen molar-refractivity contribution in [3.63, 3.8) is 0 Å². The van der Waals surface area contributed by atoms with Crippen molar-refractivity contribution in [3.8, 4) is 0 Å². The maximum Gasteiger partial charge on any atom is 0.220 e. The van der Waals surface area contributed by atoms with Crippen LogP contribution in [0.15, 0.2) is 48.5 Å². The van der Waals surface area contributed by atoms with Crippen molar-refractivity contribution >= 4 is 5.91 Å². The van der Waals surface area contributed by atoms with Gasteiger partial charge in [0.15, 0.2) is 0 Å². The first kappa shape index (κ1) is 20.1. The van der Waals surface area contributed by atoms with Gasteiger partial charge in [0.25, 0.3) is 0 Å². The Morgan fingerprint density at radius 1 is 0.885 bits per heavy atom. The number of nitrogens with one attached hydrogen (secondary N) is 1. The third kappa shape index (κ3) is 6.58. The van der Waals surface area contributed by atoms with Crippen LogP contribution in [0.25, 0.3) is 0 Å². The zero-order chi connectivity index (χ0) is 18.9. The van der Waals surface area contributed by atoms with E-state index < -0.39 is 0 Å². The molecule has 0 spiro atoms. The topological polar surface area (TPSA) is 29.1 Å². The van der Waals surface area contributed by atoms with Crippen LogP contribution in [-0.2, 0) is 4.79 Å². The van der Waals surface area contributed by atoms with Gasteiger partial charge in [-0.3, -0.25) is 4.79 Å². The molecule has 26 heavy (non-hydrogen) atoms. The number of halogens is 2. The second-order valence-corrected chi connectivity index (χ2v) is 7.08. The second kappa shape index (κ2) is 10.0. The summed E-state index contributed by atoms with van der Waals surface area (Å²) in [5, 5.41) is 2.96. The Bertz CT molecular complexity index is 635. The third-order valence-electron chi connectivity index (χ3n) is 4.49. The Hall–Kier alpha value is -2.23. The Morgan fingerprint density at radius 3 is 1.85 bits per heavy atom. The molecule has 0 atom stereocenters. The molecule has 0 heterocycles. The number of benzene rings is 2. The molecule has 0 saturated heterocycles. The van der Waals surface area contributed by atoms with Crippen LogP contribution >= 0.6 is 0 Å². The zero-order valence-corrected chi connectivity index (χ0v) is 15.5. The Balaban J connectivity index is 1.95. The molecule has 2 nitrogen and oxygen atoms in total. The van der Waals surface area contributed by atoms with Crippen molar-refractivity contribution in [2.24, 2.45) is 5.92 Å². The lowest BCUT2D eigenvalue weighted by Gasteiger charge is -2.18. The molecule has 0 aliphatic heterocycles. The van der Waals surface area contributed by atoms with Gasteiger partial charge in [-0.25, -0.2) is 8.78 Å². The monoisotopic (exact) mass is 359 g/mol. The molecule has 0 fully saturated rings. The maximum absolute atomic E-state index is 13.2. The second-order valence-electron chi connectivity index (χ2n) is 7.08. The minimum atomic E-state index is -0.274. The average Bonchev–Trinajstić information content (AvgIpc) is 2.62. The van der Waals surface area contributed by atoms with Crippen molar-refractivity contribution in [2.45, 2.75) is 45.4 Å². The number of hydrogen-bond donors (Lipinski definition) is 1. The highest BCUT2D eigenvalue weighted by Crippen LogP contribution is 2.29. The smallest absolute Gasteiger partial charge is 0.220 e. The quantitative estimate of drug-likeness (QED) is 0.594. The van der Waals surface area contributed by atoms with Crippen LogP contribution in [0.1, 0.15) is 56.6 Å². The van der Waals surface area contributed by atoms with Gasteiger partial charge >= 0.3 is 0 Å². The van der Waals surface area contributed by atoms with E-state index in [1.165, 1.54) is 24.3 Å². The van der Waals surface area contributed by atoms with Crippen LogP contribution < -0.4 is 5.32 Å². The molecule has 2 rings (SSSR count). The summed E-state index contributed by atoms with van der Waals surface area (Å²) < 4.78 is 26.5. The number of rotatable bonds is 9. The maximum atomic E-state index is 13.2. The minimum Gasteiger partial charge on any atom is -0.356 e. The van der Waals surface area contributed by atoms with E-state index in [9.17, 15) is 13.6 Å². The summed E-state index contributed by atoms with van der Waals surface area (Å²) in [6.07, 6.45) is 3.03. The van der Waals surface area contributed by atoms with E-state index in [4.69, 9.17) is 0 Å². The Morgan fingerprint density at radius 2 is 1.38 bits per heavy atom. The van der Waals surface area contributed by atoms with Gasteiger partial charge in [0.2, 0.25) is 5.91 Å². The molecule has 0 bridgehead atoms. The summed E-state index contributed by atoms with van der Waals surface area (Å²) in [5.74, 6) is 0.0951. The third-order valence-corrected chi connectivity index (χ3v) is 4.49. The predicted molar refractivity (Wildman–Crippen MR) is 101 cm³/mol. The van der Waals surface area contributed by atoms with Crippen LogP contribution in [0, 0.1) is 17.6 Å². The fourth-order valence-corrected chi connectivity index (χ4v) is 2.96. The average molecular weight is 359 g/mol. The predicted octanol–water partition coefficient (Wildman–Crippen LogP) is 5.43. The minimum absolute atomic E-state index is 0.0452. The molecular weight excluding hydrogens is 332 g/mol. The van der Waals surface area contributed by atoms with Gasteiger partial charge in [0, 0.05) is 18.9 Å². The van der Waals surface area contributed by atoms with Crippen LogP contribution in [0.2, 0.25) is 0 Å². The molecule has 140 valence electrons. The summed E-state index contributed by atoms with van der Waals surface area (Å²) in [5.41, 5.74) is 1.98. The fourth-order valence-electron chi connectivity index (χ4n) is 2.96. The summed E-state index contributed by atoms with van der Waals surface area (Å²) in [6, 6.07) is 12.8. The lowest BCUT2D eigenvalue weighted by Crippen LogP contribution is -2.24. The molecule has 1 N–H and O–H groups in total. The molecule has 2 aromatic rings. The first-order valence-electron chi connectivity index (χ1n) is 9.23. The summed E-state index contributed by atoms with van der Waals surface area (Å²) >= 11 is 0. The van der Waals surface area contributed by atoms with Gasteiger partial charge < -0.3 is 5.32 Å². The molecule has 0 aliphatic carbocycles. The van der Waals surface area contributed by atoms with Crippen molar-refractivity contribution in [2.75, 3.05) is 6.54 Å². The zero-order valence-electron chi connectivity index (χ0n) is 15.5. The van der Waals surface area contributed by atoms with E-state index in [0.717, 1.165) is 30.4 Å². The van der Waals surface area contributed by atoms with E-state index >= 15 is 0 Å². The lowest BCUT2D eigenvalue weighted by molar-refractivity contribution is -0.121. The Labute approximate surface area is 154 Å². The molecule has 0 aliphatic rings. The molecule has 1 amide bonds. The van der Waals surface area contributed by atoms with Crippen molar-refractivity contribution in [1.82, 2.24) is 5.32 Å². The van der Waals surface area contributed by atoms with Crippen LogP contribution in [0.4, 0.5) is 8.78 Å². The highest BCUT2D eigenvalue weighted by Gasteiger charge is 2.14. The van der Waals surface area contributed by atoms with Gasteiger partial charge in [-0.2, -0.15) is 0 Å². The van der Waals surface area contributed by atoms with Crippen LogP contribution in [0.5, 0.6) is 0 Å². The number of hydrogen-bond acceptors (Lipinski definition) is 1. The van der Waals surface area contributed by atoms with Gasteiger partial charge in [-0.1, -0.05) is 38.1 Å². The van der Waals surface area contributed by atoms with E-state index in [1.54, 1.807) is 24.3 Å². The number of amides is 1. The largest absolute Gasteiger partial charge is 0.356 e. The van der Waals surface area contributed by atoms with E-state index in [1.807, 2.05) is 0 Å². The molecule has 0 radical (unpaired) electrons. The van der Waals surface area contributed by atoms with Gasteiger partial charge in [0.1, 0.15) is 11.6 Å². The number of carbonyl (C=O) groups is 1. The van der Waals surface area contributed by atoms with E-state index in [-0.39, 0.29) is 23.5 Å². The SMILES string of the molecule is CC(C)CCC(=O)NCCCC(c1ccc(F)cc1)c1ccc(F)cc1. The summed E-state index contributed by atoms with van der Waals surface area (Å²) in [7, 11) is 0. The van der Waals surface area contributed by atoms with Gasteiger partial charge in [-0.15, -0.1) is 0 Å². The van der Waals surface area contributed by atoms with Crippen molar-refractivity contribution in [1.29, 1.82) is 0 Å². The molecule has 2 aromatic carbocycles. The standard InChI is InChI=1S/C22H27F2NO/c1-16(2)5-14-22(26)25-15-3-4-21(17-6-10-19(23)11-7-17)18-8-12-20(24)13-9-18/h6-13,16,21H,3-5,14-15H2,1-2H3,(H,25,26). The highest BCUT2D eigenvalue weighted by molar-refractivity contribution is 5.75. The van der Waals surface area contributed by atoms with Crippen molar-refractivity contribution < 1.29 is 13.6 Å². The highest BCUT2D eigenvalue weighted by atomic mass is 19.1. The van der Waals surface area contributed by atoms with E-state index in [0.29, 0.717) is 18.9 Å². The van der Waals surface area contributed by atoms with Crippen LogP contribution in [0.3, 0.4) is 0 Å². The first-order valence-corrected chi connectivity index (χ1v) is 9.23. The molecule has 4 heteroatoms. The molecular formula is C22H27F2NO. The van der Waals surface area contributed by atoms with Gasteiger partial charge in [0.05, 0.1) is 0 Å². The van der Waals surface area contributed by atoms with Gasteiger partial charge in [-0.05, 0) is 60.6 Å². The Kier molecular flexibility index (Phi) is 7.76. The van der Waals surface area contributed by atoms with Crippen LogP contribution in [-0.4, -0.2) is 12.5 Å². The van der Waals surface area contributed by atoms with E-state index in [2.05, 4.69) is 19.2 Å². The fraction of sp³-hybridized carbons (Fsp3) is 0.409. The molecule has 0 unspecified atom stereocenters. The summed E-state index contributed by atoms with van der Waals surface area (Å²) in [6.45, 7) is 4.81. The van der Waals surface area contributed by atoms with Crippen molar-refractivity contribution in [3.05, 3.63) is 71.3 Å². The molecule has 0 aromatic heterocycles. The summed E-state index contributed by atoms with van der Waals surface area (Å²) in [4.78, 5) is 11.8. The molecule has 0 saturated carbocycles.